The minimum atomic E-state index is -0.216. The molecule has 1 N–H and O–H groups in total. The summed E-state index contributed by atoms with van der Waals surface area (Å²) in [6.07, 6.45) is 4.85. The molecule has 2 aliphatic rings. The lowest BCUT2D eigenvalue weighted by Gasteiger charge is -2.39. The molecule has 2 aliphatic heterocycles. The molecule has 0 unspecified atom stereocenters. The fourth-order valence-electron chi connectivity index (χ4n) is 4.87. The van der Waals surface area contributed by atoms with E-state index >= 15 is 0 Å². The van der Waals surface area contributed by atoms with Crippen molar-refractivity contribution in [2.45, 2.75) is 63.1 Å². The van der Waals surface area contributed by atoms with E-state index in [-0.39, 0.29) is 11.7 Å². The summed E-state index contributed by atoms with van der Waals surface area (Å²) in [5.41, 5.74) is 2.87. The monoisotopic (exact) mass is 455 g/mol. The maximum absolute atomic E-state index is 13.3. The van der Waals surface area contributed by atoms with Gasteiger partial charge in [-0.15, -0.1) is 11.8 Å². The van der Waals surface area contributed by atoms with Gasteiger partial charge in [-0.05, 0) is 69.0 Å². The van der Waals surface area contributed by atoms with E-state index in [2.05, 4.69) is 35.0 Å². The van der Waals surface area contributed by atoms with Crippen LogP contribution in [0.4, 0.5) is 10.1 Å². The van der Waals surface area contributed by atoms with Gasteiger partial charge < -0.3 is 10.2 Å². The van der Waals surface area contributed by atoms with Gasteiger partial charge in [0.25, 0.3) is 5.91 Å². The Labute approximate surface area is 195 Å². The molecule has 0 radical (unpaired) electrons. The van der Waals surface area contributed by atoms with Crippen molar-refractivity contribution in [2.75, 3.05) is 30.3 Å². The number of carbonyl (C=O) groups is 1. The second-order valence-electron chi connectivity index (χ2n) is 9.06. The van der Waals surface area contributed by atoms with Crippen LogP contribution in [-0.2, 0) is 6.54 Å². The van der Waals surface area contributed by atoms with Gasteiger partial charge in [-0.1, -0.05) is 18.6 Å². The van der Waals surface area contributed by atoms with Crippen LogP contribution in [0, 0.1) is 5.82 Å². The van der Waals surface area contributed by atoms with Crippen LogP contribution in [0.2, 0.25) is 0 Å². The van der Waals surface area contributed by atoms with Crippen LogP contribution >= 0.6 is 11.8 Å². The van der Waals surface area contributed by atoms with Crippen molar-refractivity contribution in [3.05, 3.63) is 59.4 Å². The number of nitrogens with one attached hydrogen (secondary N) is 1. The molecule has 0 aromatic heterocycles. The summed E-state index contributed by atoms with van der Waals surface area (Å²) in [7, 11) is 0. The van der Waals surface area contributed by atoms with Crippen molar-refractivity contribution in [1.82, 2.24) is 10.2 Å². The van der Waals surface area contributed by atoms with Gasteiger partial charge in [0.2, 0.25) is 0 Å². The molecule has 1 amide bonds. The number of hydrogen-bond donors (Lipinski definition) is 1. The molecule has 1 saturated heterocycles. The van der Waals surface area contributed by atoms with Crippen molar-refractivity contribution >= 4 is 23.4 Å². The molecule has 0 saturated carbocycles. The molecule has 0 aliphatic carbocycles. The molecule has 2 aromatic carbocycles. The number of thioether (sulfide) groups is 1. The summed E-state index contributed by atoms with van der Waals surface area (Å²) in [6.45, 7) is 7.99. The largest absolute Gasteiger partial charge is 0.365 e. The lowest BCUT2D eigenvalue weighted by Crippen LogP contribution is -2.44. The smallest absolute Gasteiger partial charge is 0.251 e. The summed E-state index contributed by atoms with van der Waals surface area (Å²) < 4.78 is 13.3. The minimum absolute atomic E-state index is 0.00940. The molecule has 4 rings (SSSR count). The third kappa shape index (κ3) is 5.65. The molecular weight excluding hydrogens is 421 g/mol. The summed E-state index contributed by atoms with van der Waals surface area (Å²) in [5.74, 6) is 0.781. The maximum Gasteiger partial charge on any atom is 0.251 e. The highest BCUT2D eigenvalue weighted by Gasteiger charge is 2.24. The average Bonchev–Trinajstić information content (AvgIpc) is 2.79. The highest BCUT2D eigenvalue weighted by atomic mass is 32.2. The van der Waals surface area contributed by atoms with Gasteiger partial charge in [0.15, 0.2) is 0 Å². The highest BCUT2D eigenvalue weighted by molar-refractivity contribution is 7.99. The van der Waals surface area contributed by atoms with Gasteiger partial charge in [-0.3, -0.25) is 9.69 Å². The van der Waals surface area contributed by atoms with Crippen LogP contribution in [0.25, 0.3) is 0 Å². The van der Waals surface area contributed by atoms with Gasteiger partial charge in [0.1, 0.15) is 5.82 Å². The second kappa shape index (κ2) is 10.7. The Morgan fingerprint density at radius 3 is 2.62 bits per heavy atom. The molecule has 6 heteroatoms. The van der Waals surface area contributed by atoms with Crippen LogP contribution in [0.5, 0.6) is 0 Å². The molecule has 0 spiro atoms. The molecule has 2 atom stereocenters. The standard InChI is InChI=1S/C26H34FN3OS/c1-19-5-3-6-20(2)30(19)14-4-13-28-26(31)22-9-12-25-24(17-22)29(15-16-32-25)18-21-7-10-23(27)11-8-21/h7-12,17,19-20H,3-6,13-16,18H2,1-2H3,(H,28,31)/t19-,20-/m1/s1. The van der Waals surface area contributed by atoms with Gasteiger partial charge in [0, 0.05) is 54.5 Å². The van der Waals surface area contributed by atoms with Gasteiger partial charge in [-0.25, -0.2) is 4.39 Å². The zero-order chi connectivity index (χ0) is 22.5. The first-order chi connectivity index (χ1) is 15.5. The first kappa shape index (κ1) is 23.1. The topological polar surface area (TPSA) is 35.6 Å². The van der Waals surface area contributed by atoms with Crippen molar-refractivity contribution in [1.29, 1.82) is 0 Å². The summed E-state index contributed by atoms with van der Waals surface area (Å²) in [6, 6.07) is 13.9. The van der Waals surface area contributed by atoms with Crippen molar-refractivity contribution in [3.8, 4) is 0 Å². The fraction of sp³-hybridized carbons (Fsp3) is 0.500. The summed E-state index contributed by atoms with van der Waals surface area (Å²) in [4.78, 5) is 18.9. The molecule has 4 nitrogen and oxygen atoms in total. The van der Waals surface area contributed by atoms with Gasteiger partial charge in [0.05, 0.1) is 5.69 Å². The number of benzene rings is 2. The molecular formula is C26H34FN3OS. The number of likely N-dealkylation sites (tertiary alicyclic amines) is 1. The summed E-state index contributed by atoms with van der Waals surface area (Å²) >= 11 is 1.82. The van der Waals surface area contributed by atoms with E-state index in [0.717, 1.165) is 36.5 Å². The second-order valence-corrected chi connectivity index (χ2v) is 10.2. The van der Waals surface area contributed by atoms with E-state index in [4.69, 9.17) is 0 Å². The highest BCUT2D eigenvalue weighted by Crippen LogP contribution is 2.36. The number of amides is 1. The Bertz CT molecular complexity index is 910. The molecule has 2 aromatic rings. The molecule has 32 heavy (non-hydrogen) atoms. The van der Waals surface area contributed by atoms with Crippen molar-refractivity contribution in [3.63, 3.8) is 0 Å². The minimum Gasteiger partial charge on any atom is -0.365 e. The number of hydrogen-bond acceptors (Lipinski definition) is 4. The molecule has 0 bridgehead atoms. The maximum atomic E-state index is 13.3. The van der Waals surface area contributed by atoms with E-state index in [1.807, 2.05) is 36.0 Å². The lowest BCUT2D eigenvalue weighted by atomic mass is 9.97. The predicted octanol–water partition coefficient (Wildman–Crippen LogP) is 5.32. The number of rotatable bonds is 7. The van der Waals surface area contributed by atoms with Crippen LogP contribution in [0.15, 0.2) is 47.4 Å². The number of nitrogens with zero attached hydrogens (tertiary/aromatic N) is 2. The summed E-state index contributed by atoms with van der Waals surface area (Å²) in [5, 5.41) is 3.11. The van der Waals surface area contributed by atoms with E-state index in [1.165, 1.54) is 36.3 Å². The Kier molecular flexibility index (Phi) is 7.74. The normalized spacial score (nSPS) is 21.3. The number of piperidine rings is 1. The number of carbonyl (C=O) groups excluding carboxylic acids is 1. The predicted molar refractivity (Wildman–Crippen MR) is 131 cm³/mol. The first-order valence-electron chi connectivity index (χ1n) is 11.8. The van der Waals surface area contributed by atoms with Crippen molar-refractivity contribution in [2.24, 2.45) is 0 Å². The molecule has 1 fully saturated rings. The van der Waals surface area contributed by atoms with Crippen LogP contribution in [0.3, 0.4) is 0 Å². The first-order valence-corrected chi connectivity index (χ1v) is 12.8. The Morgan fingerprint density at radius 1 is 1.12 bits per heavy atom. The zero-order valence-electron chi connectivity index (χ0n) is 19.1. The Morgan fingerprint density at radius 2 is 1.88 bits per heavy atom. The van der Waals surface area contributed by atoms with Crippen molar-refractivity contribution < 1.29 is 9.18 Å². The number of fused-ring (bicyclic) bond motifs is 1. The molecule has 172 valence electrons. The van der Waals surface area contributed by atoms with E-state index in [9.17, 15) is 9.18 Å². The molecule has 2 heterocycles. The van der Waals surface area contributed by atoms with Crippen LogP contribution in [0.1, 0.15) is 55.5 Å². The number of halogens is 1. The Hall–Kier alpha value is -2.05. The van der Waals surface area contributed by atoms with Gasteiger partial charge >= 0.3 is 0 Å². The van der Waals surface area contributed by atoms with E-state index in [1.54, 1.807) is 0 Å². The SMILES string of the molecule is C[C@@H]1CCC[C@@H](C)N1CCCNC(=O)c1ccc2c(c1)N(Cc1ccc(F)cc1)CCS2. The Balaban J connectivity index is 1.34. The van der Waals surface area contributed by atoms with Gasteiger partial charge in [-0.2, -0.15) is 0 Å². The lowest BCUT2D eigenvalue weighted by molar-refractivity contribution is 0.0925. The van der Waals surface area contributed by atoms with E-state index < -0.39 is 0 Å². The zero-order valence-corrected chi connectivity index (χ0v) is 20.0. The third-order valence-electron chi connectivity index (χ3n) is 6.72. The van der Waals surface area contributed by atoms with Crippen LogP contribution < -0.4 is 10.2 Å². The average molecular weight is 456 g/mol. The van der Waals surface area contributed by atoms with E-state index in [0.29, 0.717) is 30.7 Å². The van der Waals surface area contributed by atoms with Crippen LogP contribution in [-0.4, -0.2) is 48.3 Å². The quantitative estimate of drug-likeness (QED) is 0.573. The number of anilines is 1. The fourth-order valence-corrected chi connectivity index (χ4v) is 5.90. The third-order valence-corrected chi connectivity index (χ3v) is 7.76.